The van der Waals surface area contributed by atoms with Crippen LogP contribution in [-0.2, 0) is 6.42 Å². The molecule has 0 aliphatic rings. The van der Waals surface area contributed by atoms with Crippen LogP contribution in [0.15, 0.2) is 48.5 Å². The van der Waals surface area contributed by atoms with Crippen LogP contribution in [0.25, 0.3) is 0 Å². The van der Waals surface area contributed by atoms with Crippen LogP contribution >= 0.6 is 0 Å². The monoisotopic (exact) mass is 240 g/mol. The number of hydrazine groups is 1. The number of hydrogen-bond acceptors (Lipinski definition) is 2. The number of rotatable bonds is 4. The molecule has 2 nitrogen and oxygen atoms in total. The van der Waals surface area contributed by atoms with Gasteiger partial charge in [-0.1, -0.05) is 54.1 Å². The molecule has 0 amide bonds. The maximum absolute atomic E-state index is 5.69. The molecule has 18 heavy (non-hydrogen) atoms. The van der Waals surface area contributed by atoms with Crippen LogP contribution in [0.3, 0.4) is 0 Å². The van der Waals surface area contributed by atoms with E-state index in [0.717, 1.165) is 6.42 Å². The zero-order chi connectivity index (χ0) is 13.0. The van der Waals surface area contributed by atoms with E-state index in [9.17, 15) is 0 Å². The van der Waals surface area contributed by atoms with E-state index >= 15 is 0 Å². The van der Waals surface area contributed by atoms with Gasteiger partial charge >= 0.3 is 0 Å². The first-order valence-corrected chi connectivity index (χ1v) is 6.28. The Morgan fingerprint density at radius 1 is 1.00 bits per heavy atom. The van der Waals surface area contributed by atoms with Gasteiger partial charge in [0.05, 0.1) is 0 Å². The van der Waals surface area contributed by atoms with E-state index in [-0.39, 0.29) is 6.04 Å². The highest BCUT2D eigenvalue weighted by Gasteiger charge is 2.11. The molecule has 1 atom stereocenters. The predicted octanol–water partition coefficient (Wildman–Crippen LogP) is 3.05. The van der Waals surface area contributed by atoms with Crippen molar-refractivity contribution < 1.29 is 0 Å². The molecule has 2 heteroatoms. The maximum Gasteiger partial charge on any atom is 0.0500 e. The summed E-state index contributed by atoms with van der Waals surface area (Å²) in [4.78, 5) is 0. The van der Waals surface area contributed by atoms with Crippen molar-refractivity contribution in [3.05, 3.63) is 70.8 Å². The highest BCUT2D eigenvalue weighted by Crippen LogP contribution is 2.20. The Kier molecular flexibility index (Phi) is 4.13. The lowest BCUT2D eigenvalue weighted by Crippen LogP contribution is -2.29. The first-order chi connectivity index (χ1) is 8.70. The van der Waals surface area contributed by atoms with Gasteiger partial charge in [0.2, 0.25) is 0 Å². The Balaban J connectivity index is 2.20. The van der Waals surface area contributed by atoms with Gasteiger partial charge in [-0.05, 0) is 37.0 Å². The Hall–Kier alpha value is -1.64. The van der Waals surface area contributed by atoms with E-state index in [2.05, 4.69) is 67.8 Å². The van der Waals surface area contributed by atoms with Crippen molar-refractivity contribution in [1.29, 1.82) is 0 Å². The molecule has 0 saturated heterocycles. The van der Waals surface area contributed by atoms with Crippen LogP contribution in [0.2, 0.25) is 0 Å². The van der Waals surface area contributed by atoms with Crippen LogP contribution in [0, 0.1) is 13.8 Å². The summed E-state index contributed by atoms with van der Waals surface area (Å²) in [6.45, 7) is 4.23. The minimum Gasteiger partial charge on any atom is -0.271 e. The Bertz CT molecular complexity index is 503. The molecule has 0 radical (unpaired) electrons. The van der Waals surface area contributed by atoms with Crippen LogP contribution in [-0.4, -0.2) is 0 Å². The summed E-state index contributed by atoms with van der Waals surface area (Å²) in [5, 5.41) is 0. The summed E-state index contributed by atoms with van der Waals surface area (Å²) in [5.74, 6) is 5.69. The highest BCUT2D eigenvalue weighted by atomic mass is 15.2. The van der Waals surface area contributed by atoms with Gasteiger partial charge in [0.15, 0.2) is 0 Å². The first-order valence-electron chi connectivity index (χ1n) is 6.28. The Morgan fingerprint density at radius 2 is 1.67 bits per heavy atom. The second kappa shape index (κ2) is 5.80. The quantitative estimate of drug-likeness (QED) is 0.636. The van der Waals surface area contributed by atoms with Gasteiger partial charge in [-0.2, -0.15) is 0 Å². The summed E-state index contributed by atoms with van der Waals surface area (Å²) in [7, 11) is 0. The fourth-order valence-corrected chi connectivity index (χ4v) is 2.13. The zero-order valence-corrected chi connectivity index (χ0v) is 11.0. The summed E-state index contributed by atoms with van der Waals surface area (Å²) in [5.41, 5.74) is 8.05. The van der Waals surface area contributed by atoms with Gasteiger partial charge in [0, 0.05) is 6.04 Å². The summed E-state index contributed by atoms with van der Waals surface area (Å²) in [6, 6.07) is 17.1. The van der Waals surface area contributed by atoms with Gasteiger partial charge in [0.25, 0.3) is 0 Å². The SMILES string of the molecule is Cc1ccc(C(Cc2ccccc2C)NN)cc1. The largest absolute Gasteiger partial charge is 0.271 e. The van der Waals surface area contributed by atoms with E-state index in [4.69, 9.17) is 5.84 Å². The van der Waals surface area contributed by atoms with Crippen molar-refractivity contribution in [3.63, 3.8) is 0 Å². The number of nitrogens with one attached hydrogen (secondary N) is 1. The summed E-state index contributed by atoms with van der Waals surface area (Å²) >= 11 is 0. The van der Waals surface area contributed by atoms with Gasteiger partial charge < -0.3 is 0 Å². The molecular weight excluding hydrogens is 220 g/mol. The zero-order valence-electron chi connectivity index (χ0n) is 11.0. The van der Waals surface area contributed by atoms with Crippen molar-refractivity contribution in [3.8, 4) is 0 Å². The molecule has 0 spiro atoms. The van der Waals surface area contributed by atoms with E-state index in [1.807, 2.05) is 0 Å². The topological polar surface area (TPSA) is 38.0 Å². The molecule has 0 fully saturated rings. The molecule has 0 aliphatic heterocycles. The lowest BCUT2D eigenvalue weighted by atomic mass is 9.96. The van der Waals surface area contributed by atoms with Crippen molar-refractivity contribution in [2.75, 3.05) is 0 Å². The van der Waals surface area contributed by atoms with Gasteiger partial charge in [-0.15, -0.1) is 0 Å². The highest BCUT2D eigenvalue weighted by molar-refractivity contribution is 5.30. The van der Waals surface area contributed by atoms with Gasteiger partial charge in [-0.25, -0.2) is 0 Å². The second-order valence-corrected chi connectivity index (χ2v) is 4.76. The molecule has 0 saturated carbocycles. The van der Waals surface area contributed by atoms with Gasteiger partial charge in [-0.3, -0.25) is 11.3 Å². The third kappa shape index (κ3) is 2.97. The van der Waals surface area contributed by atoms with Crippen molar-refractivity contribution in [1.82, 2.24) is 5.43 Å². The molecule has 3 N–H and O–H groups in total. The molecule has 0 aliphatic carbocycles. The van der Waals surface area contributed by atoms with Crippen LogP contribution in [0.4, 0.5) is 0 Å². The average molecular weight is 240 g/mol. The number of nitrogens with two attached hydrogens (primary N) is 1. The molecule has 2 aromatic rings. The third-order valence-corrected chi connectivity index (χ3v) is 3.37. The number of aryl methyl sites for hydroxylation is 2. The molecule has 2 aromatic carbocycles. The van der Waals surface area contributed by atoms with Crippen molar-refractivity contribution in [2.45, 2.75) is 26.3 Å². The van der Waals surface area contributed by atoms with Crippen molar-refractivity contribution >= 4 is 0 Å². The average Bonchev–Trinajstić information content (AvgIpc) is 2.39. The minimum atomic E-state index is 0.159. The first kappa shape index (κ1) is 12.8. The lowest BCUT2D eigenvalue weighted by molar-refractivity contribution is 0.551. The van der Waals surface area contributed by atoms with E-state index in [1.54, 1.807) is 0 Å². The van der Waals surface area contributed by atoms with E-state index < -0.39 is 0 Å². The van der Waals surface area contributed by atoms with E-state index in [0.29, 0.717) is 0 Å². The van der Waals surface area contributed by atoms with Crippen LogP contribution in [0.1, 0.15) is 28.3 Å². The molecule has 0 aromatic heterocycles. The van der Waals surface area contributed by atoms with E-state index in [1.165, 1.54) is 22.3 Å². The molecule has 1 unspecified atom stereocenters. The molecule has 94 valence electrons. The number of benzene rings is 2. The normalized spacial score (nSPS) is 12.4. The lowest BCUT2D eigenvalue weighted by Gasteiger charge is -2.18. The maximum atomic E-state index is 5.69. The van der Waals surface area contributed by atoms with Crippen molar-refractivity contribution in [2.24, 2.45) is 5.84 Å². The minimum absolute atomic E-state index is 0.159. The Labute approximate surface area is 109 Å². The molecule has 0 bridgehead atoms. The standard InChI is InChI=1S/C16H20N2/c1-12-7-9-14(10-8-12)16(18-17)11-15-6-4-3-5-13(15)2/h3-10,16,18H,11,17H2,1-2H3. The predicted molar refractivity (Wildman–Crippen MR) is 76.1 cm³/mol. The summed E-state index contributed by atoms with van der Waals surface area (Å²) in [6.07, 6.45) is 0.909. The second-order valence-electron chi connectivity index (χ2n) is 4.76. The molecule has 2 rings (SSSR count). The number of hydrogen-bond donors (Lipinski definition) is 2. The van der Waals surface area contributed by atoms with Gasteiger partial charge in [0.1, 0.15) is 0 Å². The molecule has 0 heterocycles. The van der Waals surface area contributed by atoms with Crippen LogP contribution < -0.4 is 11.3 Å². The summed E-state index contributed by atoms with van der Waals surface area (Å²) < 4.78 is 0. The Morgan fingerprint density at radius 3 is 2.28 bits per heavy atom. The smallest absolute Gasteiger partial charge is 0.0500 e. The van der Waals surface area contributed by atoms with Crippen LogP contribution in [0.5, 0.6) is 0 Å². The third-order valence-electron chi connectivity index (χ3n) is 3.37. The molecular formula is C16H20N2. The fraction of sp³-hybridized carbons (Fsp3) is 0.250. The fourth-order valence-electron chi connectivity index (χ4n) is 2.13.